The van der Waals surface area contributed by atoms with Crippen molar-refractivity contribution in [2.24, 2.45) is 0 Å². The summed E-state index contributed by atoms with van der Waals surface area (Å²) in [5.74, 6) is 0.629. The summed E-state index contributed by atoms with van der Waals surface area (Å²) < 4.78 is 69.5. The Labute approximate surface area is 149 Å². The Bertz CT molecular complexity index is 833. The van der Waals surface area contributed by atoms with Crippen LogP contribution < -0.4 is 4.72 Å². The van der Waals surface area contributed by atoms with Gasteiger partial charge in [-0.2, -0.15) is 18.2 Å². The van der Waals surface area contributed by atoms with Crippen molar-refractivity contribution in [3.05, 3.63) is 47.1 Å². The fourth-order valence-electron chi connectivity index (χ4n) is 2.18. The Hall–Kier alpha value is -1.94. The Balaban J connectivity index is 1.85. The summed E-state index contributed by atoms with van der Waals surface area (Å²) in [6.45, 7) is 3.98. The number of nitrogens with one attached hydrogen (secondary N) is 1. The average Bonchev–Trinajstić information content (AvgIpc) is 3.00. The lowest BCUT2D eigenvalue weighted by atomic mass is 10.1. The molecular weight excluding hydrogens is 371 g/mol. The maximum Gasteiger partial charge on any atom is 0.416 e. The quantitative estimate of drug-likeness (QED) is 0.698. The van der Waals surface area contributed by atoms with Crippen LogP contribution in [0.1, 0.15) is 49.0 Å². The number of rotatable bonds is 8. The molecule has 1 aromatic heterocycles. The van der Waals surface area contributed by atoms with E-state index in [-0.39, 0.29) is 18.0 Å². The number of sulfonamides is 1. The van der Waals surface area contributed by atoms with E-state index in [1.807, 2.05) is 13.8 Å². The molecule has 0 aliphatic rings. The van der Waals surface area contributed by atoms with Gasteiger partial charge in [0.25, 0.3) is 0 Å². The zero-order valence-electron chi connectivity index (χ0n) is 14.4. The van der Waals surface area contributed by atoms with Crippen molar-refractivity contribution in [1.29, 1.82) is 0 Å². The summed E-state index contributed by atoms with van der Waals surface area (Å²) in [7, 11) is -3.74. The van der Waals surface area contributed by atoms with E-state index in [0.29, 0.717) is 24.6 Å². The summed E-state index contributed by atoms with van der Waals surface area (Å²) in [6, 6.07) is 4.28. The lowest BCUT2D eigenvalue weighted by molar-refractivity contribution is -0.137. The standard InChI is InChI=1S/C16H20F3N3O3S/c1-11(2)15-21-14(25-22-15)7-4-8-20-26(23,24)10-12-5-3-6-13(9-12)16(17,18)19/h3,5-6,9,11,20H,4,7-8,10H2,1-2H3. The molecule has 0 saturated heterocycles. The minimum atomic E-state index is -4.51. The van der Waals surface area contributed by atoms with Gasteiger partial charge >= 0.3 is 6.18 Å². The SMILES string of the molecule is CC(C)c1noc(CCCNS(=O)(=O)Cc2cccc(C(F)(F)F)c2)n1. The molecule has 6 nitrogen and oxygen atoms in total. The van der Waals surface area contributed by atoms with Gasteiger partial charge in [0.2, 0.25) is 15.9 Å². The first-order valence-electron chi connectivity index (χ1n) is 8.03. The van der Waals surface area contributed by atoms with Crippen LogP contribution in [0.2, 0.25) is 0 Å². The highest BCUT2D eigenvalue weighted by atomic mass is 32.2. The van der Waals surface area contributed by atoms with Gasteiger partial charge in [0.1, 0.15) is 0 Å². The fraction of sp³-hybridized carbons (Fsp3) is 0.500. The highest BCUT2D eigenvalue weighted by Crippen LogP contribution is 2.29. The van der Waals surface area contributed by atoms with Gasteiger partial charge < -0.3 is 4.52 Å². The van der Waals surface area contributed by atoms with Gasteiger partial charge in [-0.25, -0.2) is 13.1 Å². The molecule has 144 valence electrons. The zero-order chi connectivity index (χ0) is 19.4. The van der Waals surface area contributed by atoms with E-state index < -0.39 is 27.5 Å². The normalized spacial score (nSPS) is 12.7. The smallest absolute Gasteiger partial charge is 0.339 e. The van der Waals surface area contributed by atoms with Gasteiger partial charge in [-0.1, -0.05) is 37.2 Å². The van der Waals surface area contributed by atoms with Crippen LogP contribution in [0.4, 0.5) is 13.2 Å². The number of aromatic nitrogens is 2. The van der Waals surface area contributed by atoms with Crippen molar-refractivity contribution >= 4 is 10.0 Å². The first kappa shape index (κ1) is 20.4. The number of hydrogen-bond acceptors (Lipinski definition) is 5. The van der Waals surface area contributed by atoms with Gasteiger partial charge in [-0.15, -0.1) is 0 Å². The lowest BCUT2D eigenvalue weighted by Crippen LogP contribution is -2.26. The molecule has 2 aromatic rings. The molecule has 10 heteroatoms. The lowest BCUT2D eigenvalue weighted by Gasteiger charge is -2.10. The molecular formula is C16H20F3N3O3S. The topological polar surface area (TPSA) is 85.1 Å². The average molecular weight is 391 g/mol. The molecule has 0 aliphatic carbocycles. The third-order valence-corrected chi connectivity index (χ3v) is 4.86. The van der Waals surface area contributed by atoms with Crippen LogP contribution in [0.5, 0.6) is 0 Å². The monoisotopic (exact) mass is 391 g/mol. The molecule has 0 saturated carbocycles. The Morgan fingerprint density at radius 1 is 1.27 bits per heavy atom. The first-order valence-corrected chi connectivity index (χ1v) is 9.68. The third-order valence-electron chi connectivity index (χ3n) is 3.50. The van der Waals surface area contributed by atoms with Crippen LogP contribution in [-0.4, -0.2) is 25.1 Å². The van der Waals surface area contributed by atoms with Crippen molar-refractivity contribution in [3.8, 4) is 0 Å². The van der Waals surface area contributed by atoms with Crippen molar-refractivity contribution in [2.45, 2.75) is 44.5 Å². The predicted octanol–water partition coefficient (Wildman–Crippen LogP) is 3.26. The third kappa shape index (κ3) is 6.10. The summed E-state index contributed by atoms with van der Waals surface area (Å²) in [5.41, 5.74) is -0.798. The maximum atomic E-state index is 12.7. The molecule has 1 heterocycles. The van der Waals surface area contributed by atoms with Gasteiger partial charge in [-0.05, 0) is 18.1 Å². The molecule has 0 atom stereocenters. The van der Waals surface area contributed by atoms with Crippen LogP contribution in [0, 0.1) is 0 Å². The van der Waals surface area contributed by atoms with Crippen molar-refractivity contribution < 1.29 is 26.1 Å². The van der Waals surface area contributed by atoms with E-state index in [4.69, 9.17) is 4.52 Å². The second-order valence-corrected chi connectivity index (χ2v) is 7.96. The number of alkyl halides is 3. The summed E-state index contributed by atoms with van der Waals surface area (Å²) in [6.07, 6.45) is -3.67. The molecule has 0 amide bonds. The maximum absolute atomic E-state index is 12.7. The molecule has 0 radical (unpaired) electrons. The van der Waals surface area contributed by atoms with E-state index >= 15 is 0 Å². The predicted molar refractivity (Wildman–Crippen MR) is 88.8 cm³/mol. The largest absolute Gasteiger partial charge is 0.416 e. The molecule has 1 aromatic carbocycles. The number of aryl methyl sites for hydroxylation is 1. The number of nitrogens with zero attached hydrogens (tertiary/aromatic N) is 2. The Morgan fingerprint density at radius 3 is 2.62 bits per heavy atom. The highest BCUT2D eigenvalue weighted by molar-refractivity contribution is 7.88. The summed E-state index contributed by atoms with van der Waals surface area (Å²) in [5, 5.41) is 3.81. The number of hydrogen-bond donors (Lipinski definition) is 1. The van der Waals surface area contributed by atoms with Crippen LogP contribution >= 0.6 is 0 Å². The van der Waals surface area contributed by atoms with Crippen molar-refractivity contribution in [1.82, 2.24) is 14.9 Å². The minimum absolute atomic E-state index is 0.0748. The number of halogens is 3. The summed E-state index contributed by atoms with van der Waals surface area (Å²) in [4.78, 5) is 4.18. The van der Waals surface area contributed by atoms with Gasteiger partial charge in [-0.3, -0.25) is 0 Å². The van der Waals surface area contributed by atoms with E-state index in [0.717, 1.165) is 12.1 Å². The Kier molecular flexibility index (Phi) is 6.40. The van der Waals surface area contributed by atoms with E-state index in [1.165, 1.54) is 12.1 Å². The van der Waals surface area contributed by atoms with E-state index in [1.54, 1.807) is 0 Å². The highest BCUT2D eigenvalue weighted by Gasteiger charge is 2.30. The second-order valence-electron chi connectivity index (χ2n) is 6.16. The second kappa shape index (κ2) is 8.17. The molecule has 0 unspecified atom stereocenters. The van der Waals surface area contributed by atoms with E-state index in [9.17, 15) is 21.6 Å². The van der Waals surface area contributed by atoms with Crippen molar-refractivity contribution in [3.63, 3.8) is 0 Å². The molecule has 26 heavy (non-hydrogen) atoms. The van der Waals surface area contributed by atoms with E-state index in [2.05, 4.69) is 14.9 Å². The van der Waals surface area contributed by atoms with Gasteiger partial charge in [0.15, 0.2) is 5.82 Å². The zero-order valence-corrected chi connectivity index (χ0v) is 15.2. The molecule has 0 bridgehead atoms. The van der Waals surface area contributed by atoms with Gasteiger partial charge in [0.05, 0.1) is 11.3 Å². The van der Waals surface area contributed by atoms with Gasteiger partial charge in [0, 0.05) is 18.9 Å². The molecule has 0 aliphatic heterocycles. The fourth-order valence-corrected chi connectivity index (χ4v) is 3.36. The van der Waals surface area contributed by atoms with Crippen LogP contribution in [0.3, 0.4) is 0 Å². The molecule has 0 spiro atoms. The molecule has 2 rings (SSSR count). The first-order chi connectivity index (χ1) is 12.1. The summed E-state index contributed by atoms with van der Waals surface area (Å²) >= 11 is 0. The van der Waals surface area contributed by atoms with Crippen LogP contribution in [0.25, 0.3) is 0 Å². The Morgan fingerprint density at radius 2 is 2.00 bits per heavy atom. The molecule has 0 fully saturated rings. The minimum Gasteiger partial charge on any atom is -0.339 e. The molecule has 1 N–H and O–H groups in total. The van der Waals surface area contributed by atoms with Crippen LogP contribution in [0.15, 0.2) is 28.8 Å². The van der Waals surface area contributed by atoms with Crippen molar-refractivity contribution in [2.75, 3.05) is 6.54 Å². The van der Waals surface area contributed by atoms with Crippen LogP contribution in [-0.2, 0) is 28.4 Å². The number of benzene rings is 1.